The minimum atomic E-state index is 0.328. The molecule has 1 unspecified atom stereocenters. The molecular formula is C12H18BrNO2. The van der Waals surface area contributed by atoms with E-state index in [2.05, 4.69) is 28.2 Å². The van der Waals surface area contributed by atoms with Gasteiger partial charge in [-0.15, -0.1) is 0 Å². The van der Waals surface area contributed by atoms with Crippen molar-refractivity contribution < 1.29 is 9.47 Å². The number of halogens is 1. The summed E-state index contributed by atoms with van der Waals surface area (Å²) >= 11 is 3.51. The van der Waals surface area contributed by atoms with E-state index < -0.39 is 0 Å². The lowest BCUT2D eigenvalue weighted by Gasteiger charge is -2.18. The van der Waals surface area contributed by atoms with E-state index in [0.717, 1.165) is 22.3 Å². The first kappa shape index (κ1) is 13.3. The molecule has 0 aromatic heterocycles. The van der Waals surface area contributed by atoms with E-state index in [1.807, 2.05) is 18.2 Å². The molecule has 0 aliphatic carbocycles. The Morgan fingerprint density at radius 1 is 1.38 bits per heavy atom. The second-order valence-electron chi connectivity index (χ2n) is 3.55. The first-order chi connectivity index (χ1) is 7.71. The number of benzene rings is 1. The van der Waals surface area contributed by atoms with E-state index in [1.54, 1.807) is 14.2 Å². The van der Waals surface area contributed by atoms with Gasteiger partial charge in [-0.1, -0.05) is 6.92 Å². The minimum Gasteiger partial charge on any atom is -0.497 e. The molecule has 0 saturated heterocycles. The molecule has 3 nitrogen and oxygen atoms in total. The quantitative estimate of drug-likeness (QED) is 0.871. The smallest absolute Gasteiger partial charge is 0.120 e. The first-order valence-electron chi connectivity index (χ1n) is 5.30. The van der Waals surface area contributed by atoms with Gasteiger partial charge in [-0.25, -0.2) is 0 Å². The SMILES string of the molecule is CCC(COC)Nc1ccc(OC)cc1Br. The lowest BCUT2D eigenvalue weighted by Crippen LogP contribution is -2.24. The fourth-order valence-corrected chi connectivity index (χ4v) is 1.89. The highest BCUT2D eigenvalue weighted by Gasteiger charge is 2.08. The van der Waals surface area contributed by atoms with Crippen LogP contribution in [0.25, 0.3) is 0 Å². The third kappa shape index (κ3) is 3.68. The molecule has 4 heteroatoms. The molecule has 1 aromatic rings. The summed E-state index contributed by atoms with van der Waals surface area (Å²) in [4.78, 5) is 0. The summed E-state index contributed by atoms with van der Waals surface area (Å²) in [5.41, 5.74) is 1.06. The van der Waals surface area contributed by atoms with Crippen molar-refractivity contribution in [3.63, 3.8) is 0 Å². The number of hydrogen-bond acceptors (Lipinski definition) is 3. The minimum absolute atomic E-state index is 0.328. The van der Waals surface area contributed by atoms with Gasteiger partial charge in [0.25, 0.3) is 0 Å². The fraction of sp³-hybridized carbons (Fsp3) is 0.500. The van der Waals surface area contributed by atoms with Gasteiger partial charge in [0, 0.05) is 23.3 Å². The Hall–Kier alpha value is -0.740. The van der Waals surface area contributed by atoms with Crippen molar-refractivity contribution in [2.24, 2.45) is 0 Å². The molecule has 0 aliphatic heterocycles. The molecule has 0 amide bonds. The van der Waals surface area contributed by atoms with Crippen LogP contribution in [-0.2, 0) is 4.74 Å². The Balaban J connectivity index is 2.72. The van der Waals surface area contributed by atoms with Crippen LogP contribution in [0.3, 0.4) is 0 Å². The predicted molar refractivity (Wildman–Crippen MR) is 70.3 cm³/mol. The van der Waals surface area contributed by atoms with Gasteiger partial charge >= 0.3 is 0 Å². The Bertz CT molecular complexity index is 331. The van der Waals surface area contributed by atoms with E-state index >= 15 is 0 Å². The van der Waals surface area contributed by atoms with Crippen LogP contribution >= 0.6 is 15.9 Å². The van der Waals surface area contributed by atoms with Crippen LogP contribution in [0.2, 0.25) is 0 Å². The van der Waals surface area contributed by atoms with Gasteiger partial charge in [-0.2, -0.15) is 0 Å². The van der Waals surface area contributed by atoms with Crippen LogP contribution in [0.4, 0.5) is 5.69 Å². The summed E-state index contributed by atoms with van der Waals surface area (Å²) in [5.74, 6) is 0.845. The van der Waals surface area contributed by atoms with Gasteiger partial charge in [0.1, 0.15) is 5.75 Å². The molecule has 0 fully saturated rings. The van der Waals surface area contributed by atoms with Crippen LogP contribution in [0.5, 0.6) is 5.75 Å². The number of rotatable bonds is 6. The summed E-state index contributed by atoms with van der Waals surface area (Å²) in [6.45, 7) is 2.84. The molecule has 0 heterocycles. The Morgan fingerprint density at radius 2 is 2.12 bits per heavy atom. The van der Waals surface area contributed by atoms with Crippen molar-refractivity contribution in [3.05, 3.63) is 22.7 Å². The van der Waals surface area contributed by atoms with E-state index in [4.69, 9.17) is 9.47 Å². The summed E-state index contributed by atoms with van der Waals surface area (Å²) in [6.07, 6.45) is 1.02. The molecule has 90 valence electrons. The maximum Gasteiger partial charge on any atom is 0.120 e. The highest BCUT2D eigenvalue weighted by Crippen LogP contribution is 2.27. The second kappa shape index (κ2) is 6.76. The van der Waals surface area contributed by atoms with Gasteiger partial charge in [-0.3, -0.25) is 0 Å². The Kier molecular flexibility index (Phi) is 5.63. The molecule has 0 radical (unpaired) electrons. The van der Waals surface area contributed by atoms with Gasteiger partial charge in [0.05, 0.1) is 13.7 Å². The second-order valence-corrected chi connectivity index (χ2v) is 4.40. The highest BCUT2D eigenvalue weighted by atomic mass is 79.9. The van der Waals surface area contributed by atoms with E-state index in [9.17, 15) is 0 Å². The van der Waals surface area contributed by atoms with Crippen LogP contribution < -0.4 is 10.1 Å². The number of ether oxygens (including phenoxy) is 2. The lowest BCUT2D eigenvalue weighted by atomic mass is 10.2. The average molecular weight is 288 g/mol. The molecule has 16 heavy (non-hydrogen) atoms. The summed E-state index contributed by atoms with van der Waals surface area (Å²) < 4.78 is 11.3. The summed E-state index contributed by atoms with van der Waals surface area (Å²) in [5, 5.41) is 3.42. The van der Waals surface area contributed by atoms with Gasteiger partial charge in [-0.05, 0) is 40.5 Å². The maximum absolute atomic E-state index is 5.15. The fourth-order valence-electron chi connectivity index (χ4n) is 1.42. The molecular weight excluding hydrogens is 270 g/mol. The third-order valence-electron chi connectivity index (χ3n) is 2.40. The largest absolute Gasteiger partial charge is 0.497 e. The van der Waals surface area contributed by atoms with E-state index in [0.29, 0.717) is 12.6 Å². The van der Waals surface area contributed by atoms with Crippen molar-refractivity contribution >= 4 is 21.6 Å². The third-order valence-corrected chi connectivity index (χ3v) is 3.05. The molecule has 1 rings (SSSR count). The van der Waals surface area contributed by atoms with E-state index in [1.165, 1.54) is 0 Å². The monoisotopic (exact) mass is 287 g/mol. The number of nitrogens with one attached hydrogen (secondary N) is 1. The van der Waals surface area contributed by atoms with Gasteiger partial charge in [0.15, 0.2) is 0 Å². The van der Waals surface area contributed by atoms with Crippen LogP contribution in [0, 0.1) is 0 Å². The molecule has 0 spiro atoms. The zero-order chi connectivity index (χ0) is 12.0. The predicted octanol–water partition coefficient (Wildman–Crippen LogP) is 3.29. The number of hydrogen-bond donors (Lipinski definition) is 1. The maximum atomic E-state index is 5.15. The molecule has 1 atom stereocenters. The first-order valence-corrected chi connectivity index (χ1v) is 6.09. The highest BCUT2D eigenvalue weighted by molar-refractivity contribution is 9.10. The van der Waals surface area contributed by atoms with Crippen LogP contribution in [0.15, 0.2) is 22.7 Å². The van der Waals surface area contributed by atoms with Crippen LogP contribution in [-0.4, -0.2) is 26.9 Å². The van der Waals surface area contributed by atoms with Crippen molar-refractivity contribution in [1.29, 1.82) is 0 Å². The number of methoxy groups -OCH3 is 2. The van der Waals surface area contributed by atoms with Gasteiger partial charge in [0.2, 0.25) is 0 Å². The molecule has 1 N–H and O–H groups in total. The Morgan fingerprint density at radius 3 is 2.62 bits per heavy atom. The zero-order valence-corrected chi connectivity index (χ0v) is 11.5. The average Bonchev–Trinajstić information content (AvgIpc) is 2.30. The molecule has 1 aromatic carbocycles. The molecule has 0 bridgehead atoms. The topological polar surface area (TPSA) is 30.5 Å². The summed E-state index contributed by atoms with van der Waals surface area (Å²) in [6, 6.07) is 6.21. The van der Waals surface area contributed by atoms with E-state index in [-0.39, 0.29) is 0 Å². The van der Waals surface area contributed by atoms with Gasteiger partial charge < -0.3 is 14.8 Å². The normalized spacial score (nSPS) is 12.2. The van der Waals surface area contributed by atoms with Crippen LogP contribution in [0.1, 0.15) is 13.3 Å². The van der Waals surface area contributed by atoms with Crippen molar-refractivity contribution in [3.8, 4) is 5.75 Å². The summed E-state index contributed by atoms with van der Waals surface area (Å²) in [7, 11) is 3.38. The zero-order valence-electron chi connectivity index (χ0n) is 9.92. The molecule has 0 saturated carbocycles. The van der Waals surface area contributed by atoms with Crippen molar-refractivity contribution in [2.45, 2.75) is 19.4 Å². The standard InChI is InChI=1S/C12H18BrNO2/c1-4-9(8-15-2)14-12-6-5-10(16-3)7-11(12)13/h5-7,9,14H,4,8H2,1-3H3. The number of anilines is 1. The molecule has 0 aliphatic rings. The van der Waals surface area contributed by atoms with Crippen molar-refractivity contribution in [1.82, 2.24) is 0 Å². The Labute approximate surface area is 105 Å². The van der Waals surface area contributed by atoms with Crippen molar-refractivity contribution in [2.75, 3.05) is 26.1 Å². The lowest BCUT2D eigenvalue weighted by molar-refractivity contribution is 0.184.